The fourth-order valence-electron chi connectivity index (χ4n) is 2.50. The van der Waals surface area contributed by atoms with Gasteiger partial charge in [-0.05, 0) is 29.8 Å². The minimum absolute atomic E-state index is 0.0808. The van der Waals surface area contributed by atoms with Gasteiger partial charge in [-0.3, -0.25) is 19.3 Å². The Morgan fingerprint density at radius 3 is 2.62 bits per heavy atom. The van der Waals surface area contributed by atoms with Gasteiger partial charge < -0.3 is 10.6 Å². The van der Waals surface area contributed by atoms with Crippen LogP contribution in [0.4, 0.5) is 0 Å². The van der Waals surface area contributed by atoms with Crippen LogP contribution in [0.5, 0.6) is 0 Å². The van der Waals surface area contributed by atoms with Crippen molar-refractivity contribution in [2.24, 2.45) is 7.05 Å². The summed E-state index contributed by atoms with van der Waals surface area (Å²) in [6, 6.07) is 12.6. The predicted molar refractivity (Wildman–Crippen MR) is 97.1 cm³/mol. The molecule has 132 valence electrons. The molecule has 0 fully saturated rings. The molecule has 0 saturated heterocycles. The van der Waals surface area contributed by atoms with Crippen LogP contribution >= 0.6 is 0 Å². The molecule has 7 heteroatoms. The number of rotatable bonds is 6. The van der Waals surface area contributed by atoms with Crippen molar-refractivity contribution in [3.05, 3.63) is 72.2 Å². The van der Waals surface area contributed by atoms with Crippen LogP contribution in [0.25, 0.3) is 11.3 Å². The highest BCUT2D eigenvalue weighted by atomic mass is 16.2. The molecule has 0 aliphatic heterocycles. The molecule has 3 rings (SSSR count). The Bertz CT molecular complexity index is 905. The van der Waals surface area contributed by atoms with E-state index in [2.05, 4.69) is 20.7 Å². The summed E-state index contributed by atoms with van der Waals surface area (Å²) in [5, 5.41) is 9.52. The smallest absolute Gasteiger partial charge is 0.251 e. The van der Waals surface area contributed by atoms with E-state index in [0.717, 1.165) is 16.8 Å². The molecule has 2 N–H and O–H groups in total. The van der Waals surface area contributed by atoms with Crippen molar-refractivity contribution >= 4 is 11.8 Å². The van der Waals surface area contributed by atoms with Crippen molar-refractivity contribution in [2.45, 2.75) is 6.54 Å². The molecular formula is C19H19N5O2. The van der Waals surface area contributed by atoms with E-state index in [4.69, 9.17) is 0 Å². The Kier molecular flexibility index (Phi) is 5.38. The summed E-state index contributed by atoms with van der Waals surface area (Å²) in [7, 11) is 1.86. The number of amides is 2. The first-order valence-corrected chi connectivity index (χ1v) is 8.16. The highest BCUT2D eigenvalue weighted by molar-refractivity contribution is 5.96. The van der Waals surface area contributed by atoms with Gasteiger partial charge in [0.25, 0.3) is 5.91 Å². The number of aryl methyl sites for hydroxylation is 1. The molecule has 0 saturated carbocycles. The molecule has 2 amide bonds. The van der Waals surface area contributed by atoms with Crippen molar-refractivity contribution in [3.8, 4) is 11.3 Å². The van der Waals surface area contributed by atoms with E-state index in [9.17, 15) is 9.59 Å². The lowest BCUT2D eigenvalue weighted by atomic mass is 10.1. The molecule has 0 unspecified atom stereocenters. The number of aromatic nitrogens is 3. The van der Waals surface area contributed by atoms with Crippen LogP contribution in [-0.4, -0.2) is 33.1 Å². The number of benzene rings is 1. The van der Waals surface area contributed by atoms with Gasteiger partial charge in [0.05, 0.1) is 12.2 Å². The number of nitrogens with one attached hydrogen (secondary N) is 2. The second-order valence-electron chi connectivity index (χ2n) is 5.75. The molecule has 3 aromatic rings. The fraction of sp³-hybridized carbons (Fsp3) is 0.158. The summed E-state index contributed by atoms with van der Waals surface area (Å²) in [6.07, 6.45) is 5.17. The standard InChI is InChI=1S/C19H19N5O2/c1-24-17(7-8-23-24)16-9-14(10-20-12-16)11-21-18(25)13-22-19(26)15-5-3-2-4-6-15/h2-10,12H,11,13H2,1H3,(H,21,25)(H,22,26). The largest absolute Gasteiger partial charge is 0.350 e. The van der Waals surface area contributed by atoms with Crippen molar-refractivity contribution in [2.75, 3.05) is 6.54 Å². The van der Waals surface area contributed by atoms with Crippen LogP contribution in [0.15, 0.2) is 61.1 Å². The zero-order valence-corrected chi connectivity index (χ0v) is 14.3. The van der Waals surface area contributed by atoms with E-state index in [1.807, 2.05) is 25.2 Å². The van der Waals surface area contributed by atoms with Gasteiger partial charge in [0.15, 0.2) is 0 Å². The first kappa shape index (κ1) is 17.3. The maximum atomic E-state index is 12.0. The summed E-state index contributed by atoms with van der Waals surface area (Å²) >= 11 is 0. The second kappa shape index (κ2) is 8.06. The van der Waals surface area contributed by atoms with Crippen molar-refractivity contribution in [1.82, 2.24) is 25.4 Å². The van der Waals surface area contributed by atoms with Gasteiger partial charge in [-0.1, -0.05) is 18.2 Å². The molecule has 0 radical (unpaired) electrons. The number of hydrogen-bond donors (Lipinski definition) is 2. The molecule has 0 aliphatic rings. The van der Waals surface area contributed by atoms with Crippen LogP contribution in [0.2, 0.25) is 0 Å². The lowest BCUT2D eigenvalue weighted by Crippen LogP contribution is -2.36. The molecule has 0 spiro atoms. The molecule has 0 aliphatic carbocycles. The Morgan fingerprint density at radius 2 is 1.88 bits per heavy atom. The summed E-state index contributed by atoms with van der Waals surface area (Å²) in [5.74, 6) is -0.541. The van der Waals surface area contributed by atoms with E-state index < -0.39 is 0 Å². The summed E-state index contributed by atoms with van der Waals surface area (Å²) < 4.78 is 1.76. The highest BCUT2D eigenvalue weighted by Crippen LogP contribution is 2.17. The van der Waals surface area contributed by atoms with E-state index in [-0.39, 0.29) is 18.4 Å². The maximum absolute atomic E-state index is 12.0. The number of carbonyl (C=O) groups excluding carboxylic acids is 2. The number of carbonyl (C=O) groups is 2. The molecule has 26 heavy (non-hydrogen) atoms. The molecular weight excluding hydrogens is 330 g/mol. The zero-order chi connectivity index (χ0) is 18.4. The summed E-state index contributed by atoms with van der Waals surface area (Å²) in [5.41, 5.74) is 3.26. The molecule has 7 nitrogen and oxygen atoms in total. The number of pyridine rings is 1. The van der Waals surface area contributed by atoms with Crippen molar-refractivity contribution in [3.63, 3.8) is 0 Å². The third-order valence-corrected chi connectivity index (χ3v) is 3.85. The molecule has 1 aromatic carbocycles. The topological polar surface area (TPSA) is 88.9 Å². The third-order valence-electron chi connectivity index (χ3n) is 3.85. The Hall–Kier alpha value is -3.48. The number of nitrogens with zero attached hydrogens (tertiary/aromatic N) is 3. The quantitative estimate of drug-likeness (QED) is 0.706. The minimum atomic E-state index is -0.277. The lowest BCUT2D eigenvalue weighted by Gasteiger charge is -2.08. The van der Waals surface area contributed by atoms with Gasteiger partial charge in [-0.15, -0.1) is 0 Å². The zero-order valence-electron chi connectivity index (χ0n) is 14.3. The summed E-state index contributed by atoms with van der Waals surface area (Å²) in [4.78, 5) is 28.1. The highest BCUT2D eigenvalue weighted by Gasteiger charge is 2.08. The fourth-order valence-corrected chi connectivity index (χ4v) is 2.50. The second-order valence-corrected chi connectivity index (χ2v) is 5.75. The SMILES string of the molecule is Cn1nccc1-c1cncc(CNC(=O)CNC(=O)c2ccccc2)c1. The van der Waals surface area contributed by atoms with Gasteiger partial charge in [0, 0.05) is 43.3 Å². The number of hydrogen-bond acceptors (Lipinski definition) is 4. The average Bonchev–Trinajstić information content (AvgIpc) is 3.11. The van der Waals surface area contributed by atoms with Crippen LogP contribution < -0.4 is 10.6 Å². The first-order valence-electron chi connectivity index (χ1n) is 8.16. The van der Waals surface area contributed by atoms with Gasteiger partial charge >= 0.3 is 0 Å². The van der Waals surface area contributed by atoms with Crippen molar-refractivity contribution < 1.29 is 9.59 Å². The maximum Gasteiger partial charge on any atom is 0.251 e. The Balaban J connectivity index is 1.52. The molecule has 2 aromatic heterocycles. The lowest BCUT2D eigenvalue weighted by molar-refractivity contribution is -0.120. The van der Waals surface area contributed by atoms with Crippen LogP contribution in [0.1, 0.15) is 15.9 Å². The van der Waals surface area contributed by atoms with E-state index in [1.54, 1.807) is 47.5 Å². The van der Waals surface area contributed by atoms with Crippen LogP contribution in [0, 0.1) is 0 Å². The monoisotopic (exact) mass is 349 g/mol. The van der Waals surface area contributed by atoms with Gasteiger partial charge in [0.1, 0.15) is 0 Å². The normalized spacial score (nSPS) is 10.3. The van der Waals surface area contributed by atoms with Gasteiger partial charge in [0.2, 0.25) is 5.91 Å². The van der Waals surface area contributed by atoms with Crippen LogP contribution in [0.3, 0.4) is 0 Å². The first-order chi connectivity index (χ1) is 12.6. The van der Waals surface area contributed by atoms with E-state index in [1.165, 1.54) is 0 Å². The molecule has 0 atom stereocenters. The minimum Gasteiger partial charge on any atom is -0.350 e. The Labute approximate surface area is 151 Å². The summed E-state index contributed by atoms with van der Waals surface area (Å²) in [6.45, 7) is 0.251. The van der Waals surface area contributed by atoms with Crippen LogP contribution in [-0.2, 0) is 18.4 Å². The van der Waals surface area contributed by atoms with E-state index >= 15 is 0 Å². The predicted octanol–water partition coefficient (Wildman–Crippen LogP) is 1.53. The van der Waals surface area contributed by atoms with Gasteiger partial charge in [-0.25, -0.2) is 0 Å². The van der Waals surface area contributed by atoms with Gasteiger partial charge in [-0.2, -0.15) is 5.10 Å². The third kappa shape index (κ3) is 4.32. The van der Waals surface area contributed by atoms with Crippen molar-refractivity contribution in [1.29, 1.82) is 0 Å². The Morgan fingerprint density at radius 1 is 1.08 bits per heavy atom. The average molecular weight is 349 g/mol. The molecule has 2 heterocycles. The molecule has 0 bridgehead atoms. The van der Waals surface area contributed by atoms with E-state index in [0.29, 0.717) is 12.1 Å².